The van der Waals surface area contributed by atoms with Gasteiger partial charge in [0.05, 0.1) is 13.2 Å². The van der Waals surface area contributed by atoms with Crippen LogP contribution in [0.1, 0.15) is 28.3 Å². The van der Waals surface area contributed by atoms with Gasteiger partial charge in [0, 0.05) is 41.3 Å². The molecule has 1 heterocycles. The fourth-order valence-corrected chi connectivity index (χ4v) is 5.87. The van der Waals surface area contributed by atoms with Gasteiger partial charge in [-0.1, -0.05) is 115 Å². The topological polar surface area (TPSA) is 57.4 Å². The maximum absolute atomic E-state index is 14.6. The molecule has 0 spiro atoms. The zero-order valence-electron chi connectivity index (χ0n) is 24.2. The van der Waals surface area contributed by atoms with Crippen LogP contribution in [0.3, 0.4) is 0 Å². The van der Waals surface area contributed by atoms with Crippen molar-refractivity contribution in [3.63, 3.8) is 0 Å². The Morgan fingerprint density at radius 3 is 1.98 bits per heavy atom. The number of H-pyrrole nitrogens is 1. The monoisotopic (exact) mass is 565 g/mol. The van der Waals surface area contributed by atoms with E-state index in [9.17, 15) is 4.79 Å². The van der Waals surface area contributed by atoms with Crippen molar-refractivity contribution in [2.75, 3.05) is 12.0 Å². The lowest BCUT2D eigenvalue weighted by molar-refractivity contribution is -0.122. The fourth-order valence-electron chi connectivity index (χ4n) is 5.87. The molecule has 6 rings (SSSR count). The van der Waals surface area contributed by atoms with Crippen molar-refractivity contribution in [2.45, 2.75) is 25.0 Å². The van der Waals surface area contributed by atoms with Gasteiger partial charge in [-0.05, 0) is 41.0 Å². The average Bonchev–Trinajstić information content (AvgIpc) is 3.49. The molecule has 0 saturated heterocycles. The lowest BCUT2D eigenvalue weighted by atomic mass is 9.92. The van der Waals surface area contributed by atoms with Crippen LogP contribution >= 0.6 is 0 Å². The molecule has 214 valence electrons. The summed E-state index contributed by atoms with van der Waals surface area (Å²) in [4.78, 5) is 20.2. The average molecular weight is 566 g/mol. The summed E-state index contributed by atoms with van der Waals surface area (Å²) in [6.45, 7) is 0.358. The predicted molar refractivity (Wildman–Crippen MR) is 174 cm³/mol. The fraction of sp³-hybridized carbons (Fsp3) is 0.132. The third-order valence-corrected chi connectivity index (χ3v) is 7.94. The molecule has 6 aromatic rings. The standard InChI is InChI=1S/C38H35N3O2/c1-43-36-24-14-11-19-30(36)26-40-38(42)35(25-31-27-39-34-23-13-12-22-33(31)34)41(32-20-9-4-10-21-32)37(28-15-5-2-6-16-28)29-17-7-3-8-18-29/h2-24,27,35,37,39H,25-26H2,1H3,(H,40,42). The molecule has 5 nitrogen and oxygen atoms in total. The van der Waals surface area contributed by atoms with Crippen molar-refractivity contribution in [1.82, 2.24) is 10.3 Å². The molecule has 5 heteroatoms. The smallest absolute Gasteiger partial charge is 0.243 e. The maximum Gasteiger partial charge on any atom is 0.243 e. The zero-order chi connectivity index (χ0) is 29.4. The van der Waals surface area contributed by atoms with E-state index in [1.54, 1.807) is 7.11 Å². The van der Waals surface area contributed by atoms with E-state index >= 15 is 0 Å². The van der Waals surface area contributed by atoms with Crippen molar-refractivity contribution in [1.29, 1.82) is 0 Å². The van der Waals surface area contributed by atoms with E-state index in [4.69, 9.17) is 4.74 Å². The molecule has 0 aliphatic heterocycles. The van der Waals surface area contributed by atoms with Gasteiger partial charge in [0.2, 0.25) is 5.91 Å². The van der Waals surface area contributed by atoms with Crippen LogP contribution in [0.2, 0.25) is 0 Å². The molecular formula is C38H35N3O2. The number of fused-ring (bicyclic) bond motifs is 1. The van der Waals surface area contributed by atoms with Gasteiger partial charge in [0.25, 0.3) is 0 Å². The quantitative estimate of drug-likeness (QED) is 0.169. The predicted octanol–water partition coefficient (Wildman–Crippen LogP) is 7.70. The second-order valence-electron chi connectivity index (χ2n) is 10.6. The highest BCUT2D eigenvalue weighted by molar-refractivity contribution is 5.89. The minimum Gasteiger partial charge on any atom is -0.496 e. The summed E-state index contributed by atoms with van der Waals surface area (Å²) in [5.41, 5.74) is 6.27. The minimum absolute atomic E-state index is 0.0584. The number of carbonyl (C=O) groups excluding carboxylic acids is 1. The van der Waals surface area contributed by atoms with E-state index in [0.29, 0.717) is 13.0 Å². The van der Waals surface area contributed by atoms with Gasteiger partial charge in [-0.15, -0.1) is 0 Å². The lowest BCUT2D eigenvalue weighted by Crippen LogP contribution is -2.50. The van der Waals surface area contributed by atoms with Gasteiger partial charge in [0.1, 0.15) is 11.8 Å². The number of methoxy groups -OCH3 is 1. The summed E-state index contributed by atoms with van der Waals surface area (Å²) >= 11 is 0. The van der Waals surface area contributed by atoms with Crippen LogP contribution in [0.15, 0.2) is 146 Å². The largest absolute Gasteiger partial charge is 0.496 e. The molecule has 0 saturated carbocycles. The maximum atomic E-state index is 14.6. The SMILES string of the molecule is COc1ccccc1CNC(=O)C(Cc1c[nH]c2ccccc12)N(c1ccccc1)C(c1ccccc1)c1ccccc1. The van der Waals surface area contributed by atoms with Crippen LogP contribution in [-0.4, -0.2) is 24.0 Å². The van der Waals surface area contributed by atoms with Crippen LogP contribution < -0.4 is 15.0 Å². The number of aromatic nitrogens is 1. The van der Waals surface area contributed by atoms with Gasteiger partial charge in [0.15, 0.2) is 0 Å². The zero-order valence-corrected chi connectivity index (χ0v) is 24.2. The van der Waals surface area contributed by atoms with Crippen molar-refractivity contribution in [2.24, 2.45) is 0 Å². The number of ether oxygens (including phenoxy) is 1. The van der Waals surface area contributed by atoms with Gasteiger partial charge < -0.3 is 19.9 Å². The van der Waals surface area contributed by atoms with Crippen LogP contribution in [-0.2, 0) is 17.8 Å². The van der Waals surface area contributed by atoms with Gasteiger partial charge >= 0.3 is 0 Å². The second kappa shape index (κ2) is 13.1. The number of para-hydroxylation sites is 3. The van der Waals surface area contributed by atoms with Crippen LogP contribution in [0, 0.1) is 0 Å². The van der Waals surface area contributed by atoms with E-state index in [1.807, 2.05) is 72.9 Å². The summed E-state index contributed by atoms with van der Waals surface area (Å²) in [5, 5.41) is 4.39. The number of amides is 1. The lowest BCUT2D eigenvalue weighted by Gasteiger charge is -2.40. The summed E-state index contributed by atoms with van der Waals surface area (Å²) < 4.78 is 5.58. The molecule has 0 fully saturated rings. The number of hydrogen-bond acceptors (Lipinski definition) is 3. The van der Waals surface area contributed by atoms with Gasteiger partial charge in [-0.3, -0.25) is 4.79 Å². The van der Waals surface area contributed by atoms with Crippen LogP contribution in [0.4, 0.5) is 5.69 Å². The molecule has 1 amide bonds. The van der Waals surface area contributed by atoms with E-state index in [-0.39, 0.29) is 11.9 Å². The Morgan fingerprint density at radius 1 is 0.721 bits per heavy atom. The molecule has 2 N–H and O–H groups in total. The number of nitrogens with zero attached hydrogens (tertiary/aromatic N) is 1. The number of aromatic amines is 1. The van der Waals surface area contributed by atoms with Crippen LogP contribution in [0.5, 0.6) is 5.75 Å². The van der Waals surface area contributed by atoms with Crippen molar-refractivity contribution >= 4 is 22.5 Å². The molecule has 0 aliphatic carbocycles. The Balaban J connectivity index is 1.48. The Morgan fingerprint density at radius 2 is 1.30 bits per heavy atom. The number of benzene rings is 5. The Labute approximate surface area is 252 Å². The first-order chi connectivity index (χ1) is 21.2. The molecular weight excluding hydrogens is 530 g/mol. The Hall–Kier alpha value is -5.29. The van der Waals surface area contributed by atoms with E-state index in [1.165, 1.54) is 0 Å². The molecule has 0 radical (unpaired) electrons. The second-order valence-corrected chi connectivity index (χ2v) is 10.6. The van der Waals surface area contributed by atoms with E-state index in [0.717, 1.165) is 44.6 Å². The molecule has 1 aromatic heterocycles. The van der Waals surface area contributed by atoms with Gasteiger partial charge in [-0.25, -0.2) is 0 Å². The number of carbonyl (C=O) groups is 1. The van der Waals surface area contributed by atoms with Crippen LogP contribution in [0.25, 0.3) is 10.9 Å². The highest BCUT2D eigenvalue weighted by Gasteiger charge is 2.34. The first-order valence-electron chi connectivity index (χ1n) is 14.6. The summed E-state index contributed by atoms with van der Waals surface area (Å²) in [7, 11) is 1.65. The number of hydrogen-bond donors (Lipinski definition) is 2. The van der Waals surface area contributed by atoms with Crippen molar-refractivity contribution in [3.8, 4) is 5.75 Å². The molecule has 0 bridgehead atoms. The summed E-state index contributed by atoms with van der Waals surface area (Å²) in [6, 6.07) is 46.4. The molecule has 5 aromatic carbocycles. The van der Waals surface area contributed by atoms with Gasteiger partial charge in [-0.2, -0.15) is 0 Å². The molecule has 0 aliphatic rings. The normalized spacial score (nSPS) is 11.8. The van der Waals surface area contributed by atoms with E-state index < -0.39 is 6.04 Å². The third kappa shape index (κ3) is 6.16. The number of nitrogens with one attached hydrogen (secondary N) is 2. The Bertz CT molecular complexity index is 1730. The first-order valence-corrected chi connectivity index (χ1v) is 14.6. The van der Waals surface area contributed by atoms with E-state index in [2.05, 4.69) is 88.0 Å². The number of rotatable bonds is 11. The highest BCUT2D eigenvalue weighted by Crippen LogP contribution is 2.36. The molecule has 1 unspecified atom stereocenters. The highest BCUT2D eigenvalue weighted by atomic mass is 16.5. The minimum atomic E-state index is -0.540. The Kier molecular flexibility index (Phi) is 8.51. The molecule has 43 heavy (non-hydrogen) atoms. The number of anilines is 1. The van der Waals surface area contributed by atoms with Crippen molar-refractivity contribution in [3.05, 3.63) is 168 Å². The summed E-state index contributed by atoms with van der Waals surface area (Å²) in [6.07, 6.45) is 2.54. The first kappa shape index (κ1) is 27.9. The molecule has 1 atom stereocenters. The third-order valence-electron chi connectivity index (χ3n) is 7.94. The van der Waals surface area contributed by atoms with Crippen molar-refractivity contribution < 1.29 is 9.53 Å². The summed E-state index contributed by atoms with van der Waals surface area (Å²) in [5.74, 6) is 0.694.